The molecule has 0 aromatic heterocycles. The molecule has 0 amide bonds. The molecule has 1 fully saturated rings. The summed E-state index contributed by atoms with van der Waals surface area (Å²) < 4.78 is 26.7. The first-order valence-electron chi connectivity index (χ1n) is 8.73. The van der Waals surface area contributed by atoms with Crippen molar-refractivity contribution in [1.29, 1.82) is 0 Å². The number of carbonyl (C=O) groups is 3. The van der Waals surface area contributed by atoms with Crippen LogP contribution in [0.1, 0.15) is 13.8 Å². The first-order valence-corrected chi connectivity index (χ1v) is 9.64. The van der Waals surface area contributed by atoms with E-state index >= 15 is 0 Å². The fourth-order valence-electron chi connectivity index (χ4n) is 4.05. The number of esters is 2. The minimum absolute atomic E-state index is 0.113. The zero-order valence-electron chi connectivity index (χ0n) is 16.2. The molecule has 3 rings (SSSR count). The van der Waals surface area contributed by atoms with Crippen molar-refractivity contribution in [3.8, 4) is 0 Å². The van der Waals surface area contributed by atoms with E-state index < -0.39 is 46.7 Å². The molecule has 3 aliphatic rings. The summed E-state index contributed by atoms with van der Waals surface area (Å²) in [6, 6.07) is 0. The molecule has 0 aliphatic heterocycles. The summed E-state index contributed by atoms with van der Waals surface area (Å²) in [5, 5.41) is 0. The van der Waals surface area contributed by atoms with Crippen LogP contribution in [0.2, 0.25) is 0 Å². The highest BCUT2D eigenvalue weighted by molar-refractivity contribution is 7.94. The van der Waals surface area contributed by atoms with E-state index in [0.717, 1.165) is 12.0 Å². The van der Waals surface area contributed by atoms with Crippen LogP contribution in [0.4, 0.5) is 0 Å². The zero-order valence-corrected chi connectivity index (χ0v) is 17.0. The third kappa shape index (κ3) is 3.30. The molecule has 27 heavy (non-hydrogen) atoms. The number of ketones is 1. The molecule has 0 aromatic carbocycles. The van der Waals surface area contributed by atoms with Gasteiger partial charge in [-0.05, 0) is 32.0 Å². The molecule has 0 unspecified atom stereocenters. The number of fused-ring (bicyclic) bond motifs is 2. The fourth-order valence-corrected chi connectivity index (χ4v) is 4.78. The molecule has 3 aliphatic carbocycles. The molecule has 0 saturated heterocycles. The Hall–Kier alpha value is -1.42. The molecule has 0 heterocycles. The minimum atomic E-state index is -1.68. The monoisotopic (exact) mass is 402 g/mol. The first-order chi connectivity index (χ1) is 12.9. The standard InChI is InChI=1S/C18H26O8S/c1-6-25-14(19)12-11-8-9-17(22-3,13(12)15(20)26-7-2)16(21)18(11,23-4)10-27-24-5/h8-9,11-13H,6-7,10H2,1-5H3/t11-,12+,13+,17-,18+/m1/s1. The van der Waals surface area contributed by atoms with E-state index in [2.05, 4.69) is 0 Å². The maximum absolute atomic E-state index is 13.5. The van der Waals surface area contributed by atoms with Crippen LogP contribution in [0.3, 0.4) is 0 Å². The molecular weight excluding hydrogens is 376 g/mol. The maximum atomic E-state index is 13.5. The lowest BCUT2D eigenvalue weighted by Crippen LogP contribution is -2.74. The molecule has 152 valence electrons. The minimum Gasteiger partial charge on any atom is -0.466 e. The number of hydrogen-bond acceptors (Lipinski definition) is 9. The average molecular weight is 402 g/mol. The second-order valence-electron chi connectivity index (χ2n) is 6.24. The normalized spacial score (nSPS) is 34.6. The summed E-state index contributed by atoms with van der Waals surface area (Å²) >= 11 is 1.03. The number of Topliss-reactive ketones (excluding diaryl/α,β-unsaturated/α-hetero) is 1. The van der Waals surface area contributed by atoms with E-state index in [4.69, 9.17) is 23.1 Å². The van der Waals surface area contributed by atoms with Crippen LogP contribution >= 0.6 is 12.0 Å². The van der Waals surface area contributed by atoms with Gasteiger partial charge in [-0.3, -0.25) is 14.4 Å². The quantitative estimate of drug-likeness (QED) is 0.320. The van der Waals surface area contributed by atoms with E-state index in [1.165, 1.54) is 27.4 Å². The predicted octanol–water partition coefficient (Wildman–Crippen LogP) is 1.18. The number of ether oxygens (including phenoxy) is 4. The van der Waals surface area contributed by atoms with Crippen molar-refractivity contribution in [3.05, 3.63) is 12.2 Å². The highest BCUT2D eigenvalue weighted by Crippen LogP contribution is 2.54. The Morgan fingerprint density at radius 3 is 2.22 bits per heavy atom. The van der Waals surface area contributed by atoms with E-state index in [-0.39, 0.29) is 19.0 Å². The number of hydrogen-bond donors (Lipinski definition) is 0. The van der Waals surface area contributed by atoms with Crippen LogP contribution in [0.5, 0.6) is 0 Å². The van der Waals surface area contributed by atoms with Gasteiger partial charge in [0, 0.05) is 20.1 Å². The van der Waals surface area contributed by atoms with Crippen molar-refractivity contribution in [3.63, 3.8) is 0 Å². The Labute approximate surface area is 163 Å². The summed E-state index contributed by atoms with van der Waals surface area (Å²) in [6.45, 7) is 3.59. The lowest BCUT2D eigenvalue weighted by atomic mass is 9.53. The third-order valence-corrected chi connectivity index (χ3v) is 6.01. The smallest absolute Gasteiger partial charge is 0.313 e. The van der Waals surface area contributed by atoms with E-state index in [0.29, 0.717) is 0 Å². The second-order valence-corrected chi connectivity index (χ2v) is 7.10. The van der Waals surface area contributed by atoms with Crippen molar-refractivity contribution in [2.75, 3.05) is 40.3 Å². The summed E-state index contributed by atoms with van der Waals surface area (Å²) in [5.74, 6) is -4.43. The van der Waals surface area contributed by atoms with Crippen molar-refractivity contribution < 1.29 is 37.5 Å². The summed E-state index contributed by atoms with van der Waals surface area (Å²) in [4.78, 5) is 39.1. The molecule has 2 bridgehead atoms. The van der Waals surface area contributed by atoms with Gasteiger partial charge < -0.3 is 23.1 Å². The van der Waals surface area contributed by atoms with Crippen molar-refractivity contribution >= 4 is 29.8 Å². The summed E-state index contributed by atoms with van der Waals surface area (Å²) in [6.07, 6.45) is 3.23. The number of methoxy groups -OCH3 is 2. The van der Waals surface area contributed by atoms with Gasteiger partial charge in [-0.15, -0.1) is 0 Å². The van der Waals surface area contributed by atoms with Crippen molar-refractivity contribution in [2.24, 2.45) is 17.8 Å². The number of carbonyl (C=O) groups excluding carboxylic acids is 3. The van der Waals surface area contributed by atoms with Gasteiger partial charge in [-0.1, -0.05) is 6.08 Å². The van der Waals surface area contributed by atoms with Crippen molar-refractivity contribution in [2.45, 2.75) is 25.0 Å². The zero-order chi connectivity index (χ0) is 20.2. The SMILES string of the molecule is CCOC(=O)[C@@H]1[C@@H](C(=O)OCC)[C@]2(OC)C=C[C@H]1[C@](CSOC)(OC)C2=O. The summed E-state index contributed by atoms with van der Waals surface area (Å²) in [7, 11) is 4.20. The van der Waals surface area contributed by atoms with Crippen LogP contribution < -0.4 is 0 Å². The average Bonchev–Trinajstić information content (AvgIpc) is 2.67. The third-order valence-electron chi connectivity index (χ3n) is 5.23. The van der Waals surface area contributed by atoms with Crippen LogP contribution in [-0.4, -0.2) is 69.2 Å². The Kier molecular flexibility index (Phi) is 7.07. The van der Waals surface area contributed by atoms with Crippen molar-refractivity contribution in [1.82, 2.24) is 0 Å². The number of rotatable bonds is 9. The molecule has 0 spiro atoms. The Morgan fingerprint density at radius 1 is 1.07 bits per heavy atom. The molecular formula is C18H26O8S. The van der Waals surface area contributed by atoms with Gasteiger partial charge in [0.25, 0.3) is 0 Å². The van der Waals surface area contributed by atoms with Gasteiger partial charge in [0.2, 0.25) is 5.78 Å². The van der Waals surface area contributed by atoms with Gasteiger partial charge in [0.1, 0.15) is 11.5 Å². The molecule has 5 atom stereocenters. The van der Waals surface area contributed by atoms with E-state index in [1.807, 2.05) is 0 Å². The Balaban J connectivity index is 2.64. The molecule has 1 saturated carbocycles. The van der Waals surface area contributed by atoms with Crippen LogP contribution in [-0.2, 0) is 37.5 Å². The predicted molar refractivity (Wildman–Crippen MR) is 96.8 cm³/mol. The highest BCUT2D eigenvalue weighted by Gasteiger charge is 2.72. The fraction of sp³-hybridized carbons (Fsp3) is 0.722. The molecule has 0 aromatic rings. The van der Waals surface area contributed by atoms with Crippen LogP contribution in [0.15, 0.2) is 12.2 Å². The van der Waals surface area contributed by atoms with Gasteiger partial charge in [0.05, 0.1) is 32.0 Å². The largest absolute Gasteiger partial charge is 0.466 e. The topological polar surface area (TPSA) is 97.4 Å². The van der Waals surface area contributed by atoms with Gasteiger partial charge in [-0.25, -0.2) is 0 Å². The first kappa shape index (κ1) is 21.9. The van der Waals surface area contributed by atoms with Crippen LogP contribution in [0.25, 0.3) is 0 Å². The molecule has 0 N–H and O–H groups in total. The van der Waals surface area contributed by atoms with Gasteiger partial charge in [0.15, 0.2) is 5.60 Å². The Morgan fingerprint density at radius 2 is 1.70 bits per heavy atom. The van der Waals surface area contributed by atoms with Gasteiger partial charge in [-0.2, -0.15) is 0 Å². The Bertz CT molecular complexity index is 620. The second kappa shape index (κ2) is 8.72. The summed E-state index contributed by atoms with van der Waals surface area (Å²) in [5.41, 5.74) is -3.07. The molecule has 8 nitrogen and oxygen atoms in total. The van der Waals surface area contributed by atoms with Gasteiger partial charge >= 0.3 is 11.9 Å². The van der Waals surface area contributed by atoms with E-state index in [1.54, 1.807) is 19.9 Å². The van der Waals surface area contributed by atoms with Crippen LogP contribution in [0, 0.1) is 17.8 Å². The van der Waals surface area contributed by atoms with E-state index in [9.17, 15) is 14.4 Å². The molecule has 9 heteroatoms. The maximum Gasteiger partial charge on any atom is 0.313 e. The molecule has 0 radical (unpaired) electrons. The lowest BCUT2D eigenvalue weighted by Gasteiger charge is -2.56. The highest BCUT2D eigenvalue weighted by atomic mass is 32.2. The lowest BCUT2D eigenvalue weighted by molar-refractivity contribution is -0.207.